The van der Waals surface area contributed by atoms with Crippen LogP contribution in [0.5, 0.6) is 17.2 Å². The van der Waals surface area contributed by atoms with Crippen LogP contribution in [0.1, 0.15) is 10.4 Å². The molecule has 1 rings (SSSR count). The standard InChI is InChI=1S/C7H6O5.C6H15NO6/c8-4-1-3(7(11)12)2-5(9)6(4)10;8-1-4-11-7(12-5-2-9)13-6-3-10/h1-2,8-10H,(H,11,12);8-10H,1-6H2. The SMILES string of the molecule is O=C(O)c1cc(O)c(O)c(O)c1.OCCON(OCCO)OCCO. The number of nitrogens with zero attached hydrogens (tertiary/aromatic N) is 1. The second kappa shape index (κ2) is 13.1. The van der Waals surface area contributed by atoms with E-state index in [0.717, 1.165) is 12.1 Å². The lowest BCUT2D eigenvalue weighted by Crippen LogP contribution is -2.28. The fourth-order valence-electron chi connectivity index (χ4n) is 1.19. The Morgan fingerprint density at radius 3 is 1.48 bits per heavy atom. The molecule has 0 aromatic heterocycles. The molecule has 0 fully saturated rings. The molecule has 0 heterocycles. The van der Waals surface area contributed by atoms with Crippen LogP contribution in [0.2, 0.25) is 0 Å². The minimum Gasteiger partial charge on any atom is -0.504 e. The summed E-state index contributed by atoms with van der Waals surface area (Å²) in [4.78, 5) is 24.4. The van der Waals surface area contributed by atoms with Crippen LogP contribution >= 0.6 is 0 Å². The van der Waals surface area contributed by atoms with E-state index in [-0.39, 0.29) is 45.2 Å². The van der Waals surface area contributed by atoms with E-state index in [9.17, 15) is 4.79 Å². The molecule has 7 N–H and O–H groups in total. The summed E-state index contributed by atoms with van der Waals surface area (Å²) >= 11 is 0. The zero-order valence-electron chi connectivity index (χ0n) is 13.1. The molecule has 0 aliphatic heterocycles. The number of carbonyl (C=O) groups is 1. The zero-order chi connectivity index (χ0) is 19.2. The molecule has 0 saturated carbocycles. The summed E-state index contributed by atoms with van der Waals surface area (Å²) in [5.74, 6) is -3.33. The maximum Gasteiger partial charge on any atom is 0.335 e. The summed E-state index contributed by atoms with van der Waals surface area (Å²) in [6.45, 7) is -0.505. The van der Waals surface area contributed by atoms with E-state index in [1.165, 1.54) is 0 Å². The number of rotatable bonds is 10. The Bertz CT molecular complexity index is 469. The van der Waals surface area contributed by atoms with Crippen molar-refractivity contribution in [3.63, 3.8) is 0 Å². The first-order valence-electron chi connectivity index (χ1n) is 6.87. The number of benzene rings is 1. The number of aromatic carboxylic acids is 1. The fraction of sp³-hybridized carbons (Fsp3) is 0.462. The van der Waals surface area contributed by atoms with Crippen molar-refractivity contribution in [1.82, 2.24) is 5.39 Å². The van der Waals surface area contributed by atoms with Crippen molar-refractivity contribution in [2.45, 2.75) is 0 Å². The Labute approximate surface area is 142 Å². The van der Waals surface area contributed by atoms with Gasteiger partial charge in [-0.2, -0.15) is 0 Å². The number of carboxylic acids is 1. The van der Waals surface area contributed by atoms with E-state index in [0.29, 0.717) is 5.39 Å². The quantitative estimate of drug-likeness (QED) is 0.189. The molecule has 1 aromatic carbocycles. The minimum atomic E-state index is -1.29. The molecule has 0 saturated heterocycles. The van der Waals surface area contributed by atoms with Crippen LogP contribution in [0, 0.1) is 0 Å². The average Bonchev–Trinajstić information content (AvgIpc) is 2.59. The third-order valence-electron chi connectivity index (χ3n) is 2.18. The molecule has 1 aromatic rings. The lowest BCUT2D eigenvalue weighted by molar-refractivity contribution is -0.527. The number of hydrogen-bond donors (Lipinski definition) is 7. The van der Waals surface area contributed by atoms with Crippen LogP contribution in [-0.2, 0) is 14.5 Å². The van der Waals surface area contributed by atoms with E-state index in [1.54, 1.807) is 0 Å². The Morgan fingerprint density at radius 1 is 0.840 bits per heavy atom. The van der Waals surface area contributed by atoms with Gasteiger partial charge >= 0.3 is 5.97 Å². The van der Waals surface area contributed by atoms with Gasteiger partial charge in [-0.1, -0.05) is 0 Å². The lowest BCUT2D eigenvalue weighted by Gasteiger charge is -2.17. The van der Waals surface area contributed by atoms with Crippen LogP contribution in [-0.4, -0.2) is 86.7 Å². The molecule has 0 aliphatic carbocycles. The number of phenols is 3. The summed E-state index contributed by atoms with van der Waals surface area (Å²) < 4.78 is 0. The van der Waals surface area contributed by atoms with E-state index in [4.69, 9.17) is 50.3 Å². The summed E-state index contributed by atoms with van der Waals surface area (Å²) in [7, 11) is 0. The van der Waals surface area contributed by atoms with Crippen molar-refractivity contribution in [2.75, 3.05) is 39.6 Å². The highest BCUT2D eigenvalue weighted by molar-refractivity contribution is 5.89. The highest BCUT2D eigenvalue weighted by Crippen LogP contribution is 2.35. The molecule has 0 spiro atoms. The molecule has 0 bridgehead atoms. The van der Waals surface area contributed by atoms with Gasteiger partial charge in [0.15, 0.2) is 17.2 Å². The van der Waals surface area contributed by atoms with Gasteiger partial charge in [0.25, 0.3) is 0 Å². The van der Waals surface area contributed by atoms with Gasteiger partial charge in [-0.15, -0.1) is 0 Å². The van der Waals surface area contributed by atoms with Crippen molar-refractivity contribution in [1.29, 1.82) is 0 Å². The van der Waals surface area contributed by atoms with Gasteiger partial charge in [-0.25, -0.2) is 19.3 Å². The molecule has 25 heavy (non-hydrogen) atoms. The van der Waals surface area contributed by atoms with Gasteiger partial charge in [0.2, 0.25) is 0 Å². The zero-order valence-corrected chi connectivity index (χ0v) is 13.1. The molecular formula is C13H21NO11. The predicted molar refractivity (Wildman–Crippen MR) is 79.3 cm³/mol. The fourth-order valence-corrected chi connectivity index (χ4v) is 1.19. The van der Waals surface area contributed by atoms with E-state index < -0.39 is 23.2 Å². The van der Waals surface area contributed by atoms with Crippen LogP contribution in [0.15, 0.2) is 12.1 Å². The minimum absolute atomic E-state index is 0.0108. The number of aliphatic hydroxyl groups excluding tert-OH is 3. The maximum atomic E-state index is 10.3. The average molecular weight is 367 g/mol. The topological polar surface area (TPSA) is 190 Å². The van der Waals surface area contributed by atoms with Gasteiger partial charge < -0.3 is 35.7 Å². The number of phenolic OH excluding ortho intramolecular Hbond substituents is 3. The summed E-state index contributed by atoms with van der Waals surface area (Å²) in [5, 5.41) is 60.8. The van der Waals surface area contributed by atoms with Crippen LogP contribution < -0.4 is 0 Å². The van der Waals surface area contributed by atoms with Gasteiger partial charge in [0, 0.05) is 0 Å². The molecular weight excluding hydrogens is 346 g/mol. The van der Waals surface area contributed by atoms with E-state index >= 15 is 0 Å². The molecule has 12 nitrogen and oxygen atoms in total. The molecule has 0 aliphatic rings. The maximum absolute atomic E-state index is 10.3. The van der Waals surface area contributed by atoms with E-state index in [2.05, 4.69) is 0 Å². The lowest BCUT2D eigenvalue weighted by atomic mass is 10.2. The van der Waals surface area contributed by atoms with E-state index in [1.807, 2.05) is 0 Å². The first-order chi connectivity index (χ1) is 11.9. The van der Waals surface area contributed by atoms with Crippen LogP contribution in [0.25, 0.3) is 0 Å². The van der Waals surface area contributed by atoms with Crippen molar-refractivity contribution >= 4 is 5.97 Å². The second-order valence-corrected chi connectivity index (χ2v) is 4.06. The van der Waals surface area contributed by atoms with Gasteiger partial charge in [-0.3, -0.25) is 0 Å². The van der Waals surface area contributed by atoms with Crippen LogP contribution in [0.4, 0.5) is 0 Å². The normalized spacial score (nSPS) is 10.4. The summed E-state index contributed by atoms with van der Waals surface area (Å²) in [6, 6.07) is 1.69. The number of aromatic hydroxyl groups is 3. The summed E-state index contributed by atoms with van der Waals surface area (Å²) in [5.41, 5.74) is -0.289. The van der Waals surface area contributed by atoms with Gasteiger partial charge in [0.1, 0.15) is 0 Å². The number of aliphatic hydroxyl groups is 3. The predicted octanol–water partition coefficient (Wildman–Crippen LogP) is -1.44. The van der Waals surface area contributed by atoms with Crippen molar-refractivity contribution < 1.29 is 55.1 Å². The van der Waals surface area contributed by atoms with Gasteiger partial charge in [0.05, 0.1) is 50.6 Å². The third-order valence-corrected chi connectivity index (χ3v) is 2.18. The molecule has 0 unspecified atom stereocenters. The third kappa shape index (κ3) is 9.63. The Hall–Kier alpha value is -2.19. The first-order valence-corrected chi connectivity index (χ1v) is 6.87. The molecule has 12 heteroatoms. The number of carboxylic acid groups (broad SMARTS) is 1. The molecule has 0 atom stereocenters. The first kappa shape index (κ1) is 22.8. The molecule has 0 radical (unpaired) electrons. The Morgan fingerprint density at radius 2 is 1.20 bits per heavy atom. The van der Waals surface area contributed by atoms with Crippen molar-refractivity contribution in [2.24, 2.45) is 0 Å². The summed E-state index contributed by atoms with van der Waals surface area (Å²) in [6.07, 6.45) is 0. The highest BCUT2D eigenvalue weighted by atomic mass is 17.2. The van der Waals surface area contributed by atoms with Crippen molar-refractivity contribution in [3.8, 4) is 17.2 Å². The van der Waals surface area contributed by atoms with Gasteiger partial charge in [-0.05, 0) is 12.1 Å². The largest absolute Gasteiger partial charge is 0.504 e. The number of hydrogen-bond acceptors (Lipinski definition) is 11. The van der Waals surface area contributed by atoms with Crippen LogP contribution in [0.3, 0.4) is 0 Å². The smallest absolute Gasteiger partial charge is 0.335 e. The highest BCUT2D eigenvalue weighted by Gasteiger charge is 2.11. The molecule has 0 amide bonds. The Kier molecular flexibility index (Phi) is 12.0. The monoisotopic (exact) mass is 367 g/mol. The second-order valence-electron chi connectivity index (χ2n) is 4.06. The van der Waals surface area contributed by atoms with Crippen molar-refractivity contribution in [3.05, 3.63) is 17.7 Å². The molecule has 144 valence electrons. The Balaban J connectivity index is 0.000000462.